The van der Waals surface area contributed by atoms with Crippen LogP contribution in [-0.2, 0) is 13.6 Å². The molecule has 3 aromatic carbocycles. The predicted molar refractivity (Wildman–Crippen MR) is 199 cm³/mol. The molecular weight excluding hydrogens is 617 g/mol. The van der Waals surface area contributed by atoms with E-state index >= 15 is 0 Å². The molecule has 0 saturated carbocycles. The van der Waals surface area contributed by atoms with Gasteiger partial charge in [0.05, 0.1) is 18.3 Å². The lowest BCUT2D eigenvalue weighted by molar-refractivity contribution is 0.165. The molecule has 6 nitrogen and oxygen atoms in total. The van der Waals surface area contributed by atoms with Gasteiger partial charge in [0.2, 0.25) is 14.2 Å². The number of aliphatic imine (C=N–C) groups is 1. The summed E-state index contributed by atoms with van der Waals surface area (Å²) in [7, 11) is -5.25. The van der Waals surface area contributed by atoms with Crippen LogP contribution in [0.5, 0.6) is 0 Å². The Morgan fingerprint density at radius 2 is 1.28 bits per heavy atom. The van der Waals surface area contributed by atoms with Crippen LogP contribution in [0.1, 0.15) is 80.8 Å². The second-order valence-corrected chi connectivity index (χ2v) is 24.2. The van der Waals surface area contributed by atoms with Gasteiger partial charge in [0.15, 0.2) is 0 Å². The first-order chi connectivity index (χ1) is 22.2. The molecule has 1 saturated heterocycles. The Morgan fingerprint density at radius 3 is 1.72 bits per heavy atom. The predicted octanol–water partition coefficient (Wildman–Crippen LogP) is 9.21. The van der Waals surface area contributed by atoms with E-state index in [2.05, 4.69) is 118 Å². The summed E-state index contributed by atoms with van der Waals surface area (Å²) in [4.78, 5) is 20.0. The van der Waals surface area contributed by atoms with Gasteiger partial charge in [-0.15, -0.1) is 0 Å². The normalized spacial score (nSPS) is 17.2. The van der Waals surface area contributed by atoms with E-state index in [1.54, 1.807) is 11.1 Å². The van der Waals surface area contributed by atoms with E-state index in [-0.39, 0.29) is 23.8 Å². The van der Waals surface area contributed by atoms with Crippen molar-refractivity contribution in [3.05, 3.63) is 109 Å². The maximum Gasteiger partial charge on any atom is 0.414 e. The van der Waals surface area contributed by atoms with Crippen molar-refractivity contribution < 1.29 is 18.4 Å². The lowest BCUT2D eigenvalue weighted by Crippen LogP contribution is -2.66. The van der Waals surface area contributed by atoms with Crippen molar-refractivity contribution in [1.29, 1.82) is 0 Å². The van der Waals surface area contributed by atoms with Gasteiger partial charge >= 0.3 is 14.4 Å². The van der Waals surface area contributed by atoms with Gasteiger partial charge in [0.1, 0.15) is 6.61 Å². The van der Waals surface area contributed by atoms with E-state index in [1.165, 1.54) is 0 Å². The van der Waals surface area contributed by atoms with Crippen LogP contribution in [0.15, 0.2) is 108 Å². The molecule has 1 aliphatic heterocycles. The summed E-state index contributed by atoms with van der Waals surface area (Å²) in [5.41, 5.74) is 2.30. The van der Waals surface area contributed by atoms with Gasteiger partial charge in [-0.05, 0) is 44.5 Å². The van der Waals surface area contributed by atoms with Gasteiger partial charge in [0, 0.05) is 6.21 Å². The summed E-state index contributed by atoms with van der Waals surface area (Å²) in [5.74, 6) is 0.362. The number of cyclic esters (lactones) is 1. The second kappa shape index (κ2) is 15.2. The summed E-state index contributed by atoms with van der Waals surface area (Å²) in [6, 6.07) is 30.6. The first-order valence-electron chi connectivity index (χ1n) is 17.0. The molecule has 0 spiro atoms. The fourth-order valence-electron chi connectivity index (χ4n) is 7.46. The molecule has 8 heteroatoms. The van der Waals surface area contributed by atoms with Crippen LogP contribution in [0.2, 0.25) is 21.7 Å². The number of nitrogens with zero attached hydrogens (tertiary/aromatic N) is 2. The largest absolute Gasteiger partial charge is 0.520 e. The zero-order chi connectivity index (χ0) is 34.4. The van der Waals surface area contributed by atoms with Crippen molar-refractivity contribution in [2.45, 2.75) is 103 Å². The van der Waals surface area contributed by atoms with Gasteiger partial charge in [-0.25, -0.2) is 9.79 Å². The third kappa shape index (κ3) is 7.66. The van der Waals surface area contributed by atoms with Crippen molar-refractivity contribution in [1.82, 2.24) is 4.90 Å². The Morgan fingerprint density at radius 1 is 0.809 bits per heavy atom. The molecule has 0 N–H and O–H groups in total. The molecule has 1 heterocycles. The molecular formula is C39H54N2O4Si2. The Hall–Kier alpha value is -3.47. The van der Waals surface area contributed by atoms with Gasteiger partial charge in [-0.3, -0.25) is 4.90 Å². The minimum absolute atomic E-state index is 0.250. The highest BCUT2D eigenvalue weighted by molar-refractivity contribution is 6.99. The first kappa shape index (κ1) is 36.4. The zero-order valence-electron chi connectivity index (χ0n) is 29.9. The molecule has 1 aliphatic rings. The standard InChI is InChI=1S/C39H54N2O4Si2/c1-29(2)46(30(3)4,31(5)6)44-32(7)26-40-37(27-41-36(28-43-38(41)42)33-20-14-11-15-21-33)45-47(39(8,9)10,34-22-16-12-17-23-34)35-24-18-13-19-25-35/h11-27,29-32,36H,28H2,1-10H3/b37-27+,40-26+/t32-,36+/m0/s1. The molecule has 0 aromatic heterocycles. The van der Waals surface area contributed by atoms with Crippen molar-refractivity contribution in [3.63, 3.8) is 0 Å². The van der Waals surface area contributed by atoms with E-state index in [0.29, 0.717) is 22.5 Å². The van der Waals surface area contributed by atoms with Gasteiger partial charge in [-0.1, -0.05) is 153 Å². The fourth-order valence-corrected chi connectivity index (χ4v) is 17.3. The van der Waals surface area contributed by atoms with Crippen LogP contribution in [0.3, 0.4) is 0 Å². The van der Waals surface area contributed by atoms with Crippen LogP contribution in [0.25, 0.3) is 0 Å². The Balaban J connectivity index is 1.88. The smallest absolute Gasteiger partial charge is 0.414 e. The molecule has 0 unspecified atom stereocenters. The minimum atomic E-state index is -3.07. The number of ether oxygens (including phenoxy) is 1. The van der Waals surface area contributed by atoms with Crippen LogP contribution >= 0.6 is 0 Å². The molecule has 0 aliphatic carbocycles. The van der Waals surface area contributed by atoms with E-state index in [4.69, 9.17) is 18.6 Å². The number of hydrogen-bond acceptors (Lipinski definition) is 5. The molecule has 3 aromatic rings. The Labute approximate surface area is 285 Å². The summed E-state index contributed by atoms with van der Waals surface area (Å²) >= 11 is 0. The third-order valence-electron chi connectivity index (χ3n) is 9.53. The maximum atomic E-state index is 13.3. The summed E-state index contributed by atoms with van der Waals surface area (Å²) in [5, 5.41) is 1.95. The summed E-state index contributed by atoms with van der Waals surface area (Å²) in [6.07, 6.45) is 2.92. The van der Waals surface area contributed by atoms with E-state index in [0.717, 1.165) is 15.9 Å². The molecule has 0 bridgehead atoms. The van der Waals surface area contributed by atoms with E-state index < -0.39 is 22.7 Å². The van der Waals surface area contributed by atoms with Crippen LogP contribution in [0.4, 0.5) is 4.79 Å². The van der Waals surface area contributed by atoms with Crippen molar-refractivity contribution in [3.8, 4) is 0 Å². The number of carbonyl (C=O) groups excluding carboxylic acids is 1. The van der Waals surface area contributed by atoms with Gasteiger partial charge in [-0.2, -0.15) is 0 Å². The minimum Gasteiger partial charge on any atom is -0.520 e. The Kier molecular flexibility index (Phi) is 11.7. The molecule has 0 radical (unpaired) electrons. The SMILES string of the molecule is CC(C)[Si](O[C@@H](C)/C=N/C(=C\N1C(=O)OC[C@@H]1c1ccccc1)O[Si](c1ccccc1)(c1ccccc1)C(C)(C)C)(C(C)C)C(C)C. The summed E-state index contributed by atoms with van der Waals surface area (Å²) in [6.45, 7) is 22.7. The van der Waals surface area contributed by atoms with E-state index in [9.17, 15) is 4.79 Å². The van der Waals surface area contributed by atoms with E-state index in [1.807, 2.05) is 48.7 Å². The molecule has 2 atom stereocenters. The topological polar surface area (TPSA) is 60.4 Å². The number of amides is 1. The maximum absolute atomic E-state index is 13.3. The lowest BCUT2D eigenvalue weighted by Gasteiger charge is -2.43. The highest BCUT2D eigenvalue weighted by Gasteiger charge is 2.53. The monoisotopic (exact) mass is 670 g/mol. The Bertz CT molecular complexity index is 1440. The highest BCUT2D eigenvalue weighted by atomic mass is 28.4. The first-order valence-corrected chi connectivity index (χ1v) is 21.0. The van der Waals surface area contributed by atoms with Crippen LogP contribution < -0.4 is 10.4 Å². The zero-order valence-corrected chi connectivity index (χ0v) is 31.9. The lowest BCUT2D eigenvalue weighted by atomic mass is 10.1. The van der Waals surface area contributed by atoms with Crippen LogP contribution in [0, 0.1) is 0 Å². The molecule has 1 fully saturated rings. The molecule has 1 amide bonds. The molecule has 252 valence electrons. The van der Waals surface area contributed by atoms with Gasteiger partial charge < -0.3 is 13.6 Å². The molecule has 47 heavy (non-hydrogen) atoms. The molecule has 4 rings (SSSR count). The van der Waals surface area contributed by atoms with Crippen molar-refractivity contribution >= 4 is 39.3 Å². The average molecular weight is 671 g/mol. The highest BCUT2D eigenvalue weighted by Crippen LogP contribution is 2.43. The van der Waals surface area contributed by atoms with Crippen molar-refractivity contribution in [2.24, 2.45) is 4.99 Å². The summed E-state index contributed by atoms with van der Waals surface area (Å²) < 4.78 is 20.0. The number of carbonyl (C=O) groups is 1. The van der Waals surface area contributed by atoms with Crippen LogP contribution in [-0.4, -0.2) is 46.6 Å². The number of rotatable bonds is 13. The van der Waals surface area contributed by atoms with Gasteiger partial charge in [0.25, 0.3) is 0 Å². The average Bonchev–Trinajstić information content (AvgIpc) is 3.40. The number of hydrogen-bond donors (Lipinski definition) is 0. The number of benzene rings is 3. The second-order valence-electron chi connectivity index (χ2n) is 14.6. The quantitative estimate of drug-likeness (QED) is 0.103. The van der Waals surface area contributed by atoms with Crippen molar-refractivity contribution in [2.75, 3.05) is 6.61 Å². The third-order valence-corrected chi connectivity index (χ3v) is 20.6. The fraction of sp³-hybridized carbons (Fsp3) is 0.436.